The predicted octanol–water partition coefficient (Wildman–Crippen LogP) is 1.69. The van der Waals surface area contributed by atoms with Crippen molar-refractivity contribution in [2.24, 2.45) is 0 Å². The third kappa shape index (κ3) is 5.73. The zero-order valence-corrected chi connectivity index (χ0v) is 14.0. The highest BCUT2D eigenvalue weighted by Crippen LogP contribution is 2.22. The predicted molar refractivity (Wildman–Crippen MR) is 87.3 cm³/mol. The first kappa shape index (κ1) is 18.7. The molecule has 1 unspecified atom stereocenters. The quantitative estimate of drug-likeness (QED) is 0.743. The Kier molecular flexibility index (Phi) is 6.30. The SMILES string of the molecule is CCC(NC(=O)CNC(=O)c1ccc(C(C)(C)C)cc1)C(=O)O. The first-order valence-corrected chi connectivity index (χ1v) is 7.56. The van der Waals surface area contributed by atoms with Gasteiger partial charge in [0.2, 0.25) is 5.91 Å². The molecule has 3 N–H and O–H groups in total. The van der Waals surface area contributed by atoms with Crippen LogP contribution in [0.2, 0.25) is 0 Å². The van der Waals surface area contributed by atoms with Gasteiger partial charge in [0.05, 0.1) is 6.54 Å². The second-order valence-corrected chi connectivity index (χ2v) is 6.38. The molecule has 0 aromatic heterocycles. The summed E-state index contributed by atoms with van der Waals surface area (Å²) in [4.78, 5) is 34.5. The van der Waals surface area contributed by atoms with Crippen LogP contribution in [0.3, 0.4) is 0 Å². The van der Waals surface area contributed by atoms with Gasteiger partial charge in [-0.1, -0.05) is 39.8 Å². The Morgan fingerprint density at radius 2 is 1.70 bits per heavy atom. The molecule has 0 saturated carbocycles. The van der Waals surface area contributed by atoms with E-state index >= 15 is 0 Å². The van der Waals surface area contributed by atoms with Gasteiger partial charge in [-0.2, -0.15) is 0 Å². The molecule has 126 valence electrons. The summed E-state index contributed by atoms with van der Waals surface area (Å²) in [6.07, 6.45) is 0.281. The number of benzene rings is 1. The Morgan fingerprint density at radius 1 is 1.13 bits per heavy atom. The van der Waals surface area contributed by atoms with Gasteiger partial charge in [-0.25, -0.2) is 4.79 Å². The van der Waals surface area contributed by atoms with Gasteiger partial charge in [0, 0.05) is 5.56 Å². The van der Waals surface area contributed by atoms with E-state index in [1.54, 1.807) is 19.1 Å². The molecular formula is C17H24N2O4. The summed E-state index contributed by atoms with van der Waals surface area (Å²) in [5.41, 5.74) is 1.57. The van der Waals surface area contributed by atoms with Crippen LogP contribution in [0.5, 0.6) is 0 Å². The zero-order chi connectivity index (χ0) is 17.6. The molecule has 6 heteroatoms. The van der Waals surface area contributed by atoms with Crippen molar-refractivity contribution in [3.05, 3.63) is 35.4 Å². The maximum Gasteiger partial charge on any atom is 0.326 e. The van der Waals surface area contributed by atoms with E-state index in [9.17, 15) is 14.4 Å². The number of hydrogen-bond donors (Lipinski definition) is 3. The van der Waals surface area contributed by atoms with E-state index in [2.05, 4.69) is 31.4 Å². The fraction of sp³-hybridized carbons (Fsp3) is 0.471. The van der Waals surface area contributed by atoms with Crippen LogP contribution in [-0.4, -0.2) is 35.5 Å². The van der Waals surface area contributed by atoms with Crippen LogP contribution in [0.15, 0.2) is 24.3 Å². The van der Waals surface area contributed by atoms with Crippen molar-refractivity contribution in [2.75, 3.05) is 6.54 Å². The molecule has 0 heterocycles. The summed E-state index contributed by atoms with van der Waals surface area (Å²) >= 11 is 0. The fourth-order valence-corrected chi connectivity index (χ4v) is 1.97. The molecule has 0 fully saturated rings. The van der Waals surface area contributed by atoms with E-state index in [0.717, 1.165) is 5.56 Å². The summed E-state index contributed by atoms with van der Waals surface area (Å²) in [5, 5.41) is 13.7. The van der Waals surface area contributed by atoms with Crippen LogP contribution in [0.1, 0.15) is 50.0 Å². The number of hydrogen-bond acceptors (Lipinski definition) is 3. The number of carbonyl (C=O) groups is 3. The summed E-state index contributed by atoms with van der Waals surface area (Å²) in [6, 6.07) is 6.24. The van der Waals surface area contributed by atoms with E-state index in [1.165, 1.54) is 0 Å². The molecule has 1 rings (SSSR count). The molecule has 2 amide bonds. The Hall–Kier alpha value is -2.37. The first-order valence-electron chi connectivity index (χ1n) is 7.56. The van der Waals surface area contributed by atoms with Gasteiger partial charge in [-0.05, 0) is 29.5 Å². The Bertz CT molecular complexity index is 573. The van der Waals surface area contributed by atoms with Gasteiger partial charge in [0.25, 0.3) is 5.91 Å². The summed E-state index contributed by atoms with van der Waals surface area (Å²) < 4.78 is 0. The highest BCUT2D eigenvalue weighted by atomic mass is 16.4. The molecule has 0 bridgehead atoms. The summed E-state index contributed by atoms with van der Waals surface area (Å²) in [7, 11) is 0. The normalized spacial score (nSPS) is 12.3. The minimum atomic E-state index is -1.09. The molecule has 0 spiro atoms. The Balaban J connectivity index is 2.57. The van der Waals surface area contributed by atoms with Crippen LogP contribution in [0.4, 0.5) is 0 Å². The number of carboxylic acid groups (broad SMARTS) is 1. The number of aliphatic carboxylic acids is 1. The monoisotopic (exact) mass is 320 g/mol. The highest BCUT2D eigenvalue weighted by molar-refractivity contribution is 5.96. The van der Waals surface area contributed by atoms with Gasteiger partial charge in [0.1, 0.15) is 6.04 Å². The van der Waals surface area contributed by atoms with Crippen molar-refractivity contribution in [2.45, 2.75) is 45.6 Å². The second kappa shape index (κ2) is 7.76. The van der Waals surface area contributed by atoms with Crippen molar-refractivity contribution >= 4 is 17.8 Å². The molecule has 0 radical (unpaired) electrons. The number of rotatable bonds is 6. The van der Waals surface area contributed by atoms with Gasteiger partial charge >= 0.3 is 5.97 Å². The average Bonchev–Trinajstić information content (AvgIpc) is 2.49. The molecule has 6 nitrogen and oxygen atoms in total. The third-order valence-electron chi connectivity index (χ3n) is 3.46. The topological polar surface area (TPSA) is 95.5 Å². The van der Waals surface area contributed by atoms with Crippen LogP contribution in [0, 0.1) is 0 Å². The molecule has 1 aromatic rings. The van der Waals surface area contributed by atoms with Crippen LogP contribution in [0.25, 0.3) is 0 Å². The van der Waals surface area contributed by atoms with E-state index in [1.807, 2.05) is 12.1 Å². The fourth-order valence-electron chi connectivity index (χ4n) is 1.97. The largest absolute Gasteiger partial charge is 0.480 e. The highest BCUT2D eigenvalue weighted by Gasteiger charge is 2.18. The van der Waals surface area contributed by atoms with Crippen molar-refractivity contribution in [3.8, 4) is 0 Å². The van der Waals surface area contributed by atoms with E-state index in [0.29, 0.717) is 5.56 Å². The first-order chi connectivity index (χ1) is 10.6. The van der Waals surface area contributed by atoms with E-state index < -0.39 is 17.9 Å². The number of amides is 2. The molecular weight excluding hydrogens is 296 g/mol. The Labute approximate surface area is 136 Å². The number of carbonyl (C=O) groups excluding carboxylic acids is 2. The average molecular weight is 320 g/mol. The molecule has 1 aromatic carbocycles. The lowest BCUT2D eigenvalue weighted by Gasteiger charge is -2.19. The van der Waals surface area contributed by atoms with Gasteiger partial charge < -0.3 is 15.7 Å². The van der Waals surface area contributed by atoms with Crippen molar-refractivity contribution in [3.63, 3.8) is 0 Å². The number of nitrogens with one attached hydrogen (secondary N) is 2. The maximum atomic E-state index is 12.0. The van der Waals surface area contributed by atoms with Crippen LogP contribution >= 0.6 is 0 Å². The lowest BCUT2D eigenvalue weighted by atomic mass is 9.87. The summed E-state index contributed by atoms with van der Waals surface area (Å²) in [5.74, 6) is -1.99. The molecule has 0 aliphatic rings. The van der Waals surface area contributed by atoms with Crippen molar-refractivity contribution < 1.29 is 19.5 Å². The third-order valence-corrected chi connectivity index (χ3v) is 3.46. The van der Waals surface area contributed by atoms with Gasteiger partial charge in [-0.3, -0.25) is 9.59 Å². The van der Waals surface area contributed by atoms with Crippen molar-refractivity contribution in [1.82, 2.24) is 10.6 Å². The Morgan fingerprint density at radius 3 is 2.13 bits per heavy atom. The smallest absolute Gasteiger partial charge is 0.326 e. The summed E-state index contributed by atoms with van der Waals surface area (Å²) in [6.45, 7) is 7.65. The minimum absolute atomic E-state index is 0.000882. The molecule has 1 atom stereocenters. The second-order valence-electron chi connectivity index (χ2n) is 6.38. The zero-order valence-electron chi connectivity index (χ0n) is 14.0. The minimum Gasteiger partial charge on any atom is -0.480 e. The lowest BCUT2D eigenvalue weighted by Crippen LogP contribution is -2.45. The molecule has 0 aliphatic heterocycles. The van der Waals surface area contributed by atoms with Gasteiger partial charge in [0.15, 0.2) is 0 Å². The van der Waals surface area contributed by atoms with E-state index in [-0.39, 0.29) is 24.3 Å². The van der Waals surface area contributed by atoms with Gasteiger partial charge in [-0.15, -0.1) is 0 Å². The van der Waals surface area contributed by atoms with Crippen molar-refractivity contribution in [1.29, 1.82) is 0 Å². The van der Waals surface area contributed by atoms with Crippen LogP contribution < -0.4 is 10.6 Å². The number of carboxylic acids is 1. The van der Waals surface area contributed by atoms with E-state index in [4.69, 9.17) is 5.11 Å². The molecule has 23 heavy (non-hydrogen) atoms. The molecule has 0 aliphatic carbocycles. The lowest BCUT2D eigenvalue weighted by molar-refractivity contribution is -0.141. The maximum absolute atomic E-state index is 12.0. The molecule has 0 saturated heterocycles. The standard InChI is InChI=1S/C17H24N2O4/c1-5-13(16(22)23)19-14(20)10-18-15(21)11-6-8-12(9-7-11)17(2,3)4/h6-9,13H,5,10H2,1-4H3,(H,18,21)(H,19,20)(H,22,23). The van der Waals surface area contributed by atoms with Crippen LogP contribution in [-0.2, 0) is 15.0 Å².